The molecule has 1 atom stereocenters. The van der Waals surface area contributed by atoms with Crippen LogP contribution in [0.5, 0.6) is 5.75 Å². The minimum atomic E-state index is -0.0550. The third-order valence-corrected chi connectivity index (χ3v) is 1.81. The van der Waals surface area contributed by atoms with Crippen LogP contribution in [0.25, 0.3) is 0 Å². The Morgan fingerprint density at radius 2 is 1.92 bits per heavy atom. The van der Waals surface area contributed by atoms with Crippen molar-refractivity contribution in [3.8, 4) is 5.75 Å². The first kappa shape index (κ1) is 9.58. The Balaban J connectivity index is 2.71. The molecular formula is C10H13NO2. The van der Waals surface area contributed by atoms with Gasteiger partial charge in [0.15, 0.2) is 0 Å². The molecule has 0 bridgehead atoms. The summed E-state index contributed by atoms with van der Waals surface area (Å²) in [5.74, 6) is 0.180. The summed E-state index contributed by atoms with van der Waals surface area (Å²) in [6.07, 6.45) is 0. The second kappa shape index (κ2) is 3.94. The predicted octanol–water partition coefficient (Wildman–Crippen LogP) is 1.59. The molecule has 70 valence electrons. The molecule has 0 aromatic heterocycles. The Kier molecular flexibility index (Phi) is 2.90. The molecule has 0 saturated carbocycles. The van der Waals surface area contributed by atoms with Crippen molar-refractivity contribution < 1.29 is 9.90 Å². The summed E-state index contributed by atoms with van der Waals surface area (Å²) in [4.78, 5) is 10.7. The van der Waals surface area contributed by atoms with Crippen LogP contribution in [-0.4, -0.2) is 11.0 Å². The lowest BCUT2D eigenvalue weighted by Crippen LogP contribution is -2.23. The van der Waals surface area contributed by atoms with E-state index in [-0.39, 0.29) is 17.7 Å². The number of hydrogen-bond acceptors (Lipinski definition) is 2. The van der Waals surface area contributed by atoms with E-state index in [1.54, 1.807) is 24.3 Å². The Labute approximate surface area is 77.4 Å². The first-order valence-corrected chi connectivity index (χ1v) is 4.15. The zero-order chi connectivity index (χ0) is 9.84. The number of carbonyl (C=O) groups is 1. The van der Waals surface area contributed by atoms with E-state index in [4.69, 9.17) is 5.11 Å². The van der Waals surface area contributed by atoms with Gasteiger partial charge in [0.05, 0.1) is 6.04 Å². The lowest BCUT2D eigenvalue weighted by atomic mass is 10.1. The highest BCUT2D eigenvalue weighted by Gasteiger charge is 2.05. The van der Waals surface area contributed by atoms with Crippen molar-refractivity contribution in [1.29, 1.82) is 0 Å². The number of phenolic OH excluding ortho intramolecular Hbond substituents is 1. The van der Waals surface area contributed by atoms with Crippen LogP contribution in [0.3, 0.4) is 0 Å². The molecule has 0 aliphatic heterocycles. The smallest absolute Gasteiger partial charge is 0.217 e. The lowest BCUT2D eigenvalue weighted by molar-refractivity contribution is -0.119. The van der Waals surface area contributed by atoms with Gasteiger partial charge in [0.1, 0.15) is 5.75 Å². The third-order valence-electron chi connectivity index (χ3n) is 1.81. The van der Waals surface area contributed by atoms with Gasteiger partial charge in [-0.3, -0.25) is 4.79 Å². The molecule has 0 unspecified atom stereocenters. The number of carbonyl (C=O) groups excluding carboxylic acids is 1. The van der Waals surface area contributed by atoms with Gasteiger partial charge in [-0.15, -0.1) is 0 Å². The molecule has 0 spiro atoms. The van der Waals surface area contributed by atoms with E-state index in [0.29, 0.717) is 0 Å². The quantitative estimate of drug-likeness (QED) is 0.724. The fourth-order valence-electron chi connectivity index (χ4n) is 1.15. The summed E-state index contributed by atoms with van der Waals surface area (Å²) >= 11 is 0. The van der Waals surface area contributed by atoms with E-state index < -0.39 is 0 Å². The monoisotopic (exact) mass is 179 g/mol. The molecule has 0 aliphatic rings. The first-order valence-electron chi connectivity index (χ1n) is 4.15. The molecule has 2 N–H and O–H groups in total. The van der Waals surface area contributed by atoms with E-state index in [1.165, 1.54) is 6.92 Å². The van der Waals surface area contributed by atoms with Gasteiger partial charge in [-0.2, -0.15) is 0 Å². The Hall–Kier alpha value is -1.51. The Morgan fingerprint density at radius 3 is 2.38 bits per heavy atom. The van der Waals surface area contributed by atoms with Crippen molar-refractivity contribution in [2.45, 2.75) is 19.9 Å². The number of amides is 1. The van der Waals surface area contributed by atoms with Crippen molar-refractivity contribution in [2.75, 3.05) is 0 Å². The maximum absolute atomic E-state index is 10.7. The van der Waals surface area contributed by atoms with Crippen LogP contribution in [0.1, 0.15) is 25.5 Å². The van der Waals surface area contributed by atoms with E-state index in [9.17, 15) is 4.79 Å². The van der Waals surface area contributed by atoms with Crippen LogP contribution in [-0.2, 0) is 4.79 Å². The number of benzene rings is 1. The van der Waals surface area contributed by atoms with Gasteiger partial charge in [-0.1, -0.05) is 12.1 Å². The summed E-state index contributed by atoms with van der Waals surface area (Å²) < 4.78 is 0. The molecule has 0 aliphatic carbocycles. The molecule has 0 radical (unpaired) electrons. The van der Waals surface area contributed by atoms with Gasteiger partial charge >= 0.3 is 0 Å². The predicted molar refractivity (Wildman–Crippen MR) is 50.3 cm³/mol. The average Bonchev–Trinajstić information content (AvgIpc) is 2.04. The molecule has 3 nitrogen and oxygen atoms in total. The number of phenols is 1. The summed E-state index contributed by atoms with van der Waals surface area (Å²) in [6, 6.07) is 6.77. The fourth-order valence-corrected chi connectivity index (χ4v) is 1.15. The van der Waals surface area contributed by atoms with E-state index >= 15 is 0 Å². The van der Waals surface area contributed by atoms with Crippen LogP contribution < -0.4 is 5.32 Å². The van der Waals surface area contributed by atoms with E-state index in [0.717, 1.165) is 5.56 Å². The number of rotatable bonds is 2. The van der Waals surface area contributed by atoms with Gasteiger partial charge in [0, 0.05) is 6.92 Å². The first-order chi connectivity index (χ1) is 6.09. The van der Waals surface area contributed by atoms with E-state index in [2.05, 4.69) is 5.32 Å². The Morgan fingerprint density at radius 1 is 1.38 bits per heavy atom. The summed E-state index contributed by atoms with van der Waals surface area (Å²) in [5, 5.41) is 11.8. The standard InChI is InChI=1S/C10H13NO2/c1-7(11-8(2)12)9-3-5-10(13)6-4-9/h3-7,13H,1-2H3,(H,11,12)/t7-/m1/s1. The highest BCUT2D eigenvalue weighted by Crippen LogP contribution is 2.15. The van der Waals surface area contributed by atoms with Gasteiger partial charge in [-0.25, -0.2) is 0 Å². The van der Waals surface area contributed by atoms with Crippen LogP contribution in [0, 0.1) is 0 Å². The second-order valence-corrected chi connectivity index (χ2v) is 3.01. The molecule has 1 amide bonds. The minimum Gasteiger partial charge on any atom is -0.508 e. The van der Waals surface area contributed by atoms with Gasteiger partial charge < -0.3 is 10.4 Å². The Bertz CT molecular complexity index is 292. The largest absolute Gasteiger partial charge is 0.508 e. The zero-order valence-electron chi connectivity index (χ0n) is 7.74. The van der Waals surface area contributed by atoms with Gasteiger partial charge in [0.25, 0.3) is 0 Å². The van der Waals surface area contributed by atoms with Crippen LogP contribution in [0.2, 0.25) is 0 Å². The normalized spacial score (nSPS) is 12.2. The van der Waals surface area contributed by atoms with Gasteiger partial charge in [-0.05, 0) is 24.6 Å². The summed E-state index contributed by atoms with van der Waals surface area (Å²) in [6.45, 7) is 3.38. The van der Waals surface area contributed by atoms with Crippen molar-refractivity contribution >= 4 is 5.91 Å². The second-order valence-electron chi connectivity index (χ2n) is 3.01. The maximum Gasteiger partial charge on any atom is 0.217 e. The molecule has 1 aromatic carbocycles. The summed E-state index contributed by atoms with van der Waals surface area (Å²) in [7, 11) is 0. The van der Waals surface area contributed by atoms with Gasteiger partial charge in [0.2, 0.25) is 5.91 Å². The molecule has 0 heterocycles. The highest BCUT2D eigenvalue weighted by atomic mass is 16.3. The maximum atomic E-state index is 10.7. The fraction of sp³-hybridized carbons (Fsp3) is 0.300. The summed E-state index contributed by atoms with van der Waals surface area (Å²) in [5.41, 5.74) is 0.980. The highest BCUT2D eigenvalue weighted by molar-refractivity contribution is 5.73. The van der Waals surface area contributed by atoms with Crippen molar-refractivity contribution in [3.05, 3.63) is 29.8 Å². The average molecular weight is 179 g/mol. The molecule has 0 fully saturated rings. The van der Waals surface area contributed by atoms with Crippen molar-refractivity contribution in [2.24, 2.45) is 0 Å². The van der Waals surface area contributed by atoms with Crippen molar-refractivity contribution in [3.63, 3.8) is 0 Å². The van der Waals surface area contributed by atoms with Crippen LogP contribution in [0.4, 0.5) is 0 Å². The topological polar surface area (TPSA) is 49.3 Å². The number of hydrogen-bond donors (Lipinski definition) is 2. The lowest BCUT2D eigenvalue weighted by Gasteiger charge is -2.12. The molecule has 13 heavy (non-hydrogen) atoms. The molecule has 1 aromatic rings. The number of aromatic hydroxyl groups is 1. The van der Waals surface area contributed by atoms with Crippen LogP contribution in [0.15, 0.2) is 24.3 Å². The molecular weight excluding hydrogens is 166 g/mol. The molecule has 0 saturated heterocycles. The zero-order valence-corrected chi connectivity index (χ0v) is 7.74. The third kappa shape index (κ3) is 2.78. The number of nitrogens with one attached hydrogen (secondary N) is 1. The van der Waals surface area contributed by atoms with Crippen molar-refractivity contribution in [1.82, 2.24) is 5.32 Å². The molecule has 1 rings (SSSR count). The van der Waals surface area contributed by atoms with E-state index in [1.807, 2.05) is 6.92 Å². The SMILES string of the molecule is CC(=O)N[C@H](C)c1ccc(O)cc1. The van der Waals surface area contributed by atoms with Crippen LogP contribution >= 0.6 is 0 Å². The minimum absolute atomic E-state index is 0.0156. The molecule has 3 heteroatoms.